The van der Waals surface area contributed by atoms with Crippen molar-refractivity contribution in [3.8, 4) is 5.75 Å². The van der Waals surface area contributed by atoms with Crippen LogP contribution in [0, 0.1) is 0 Å². The van der Waals surface area contributed by atoms with E-state index >= 15 is 0 Å². The number of likely N-dealkylation sites (N-methyl/N-ethyl adjacent to an activating group) is 1. The standard InChI is InChI=1S/C15H20N2O5/c1-16-14(19)10-22-12-8-6-11(7-9-12)17-13(18)4-2-3-5-15(20)21/h6-9H,2-5,10H2,1H3,(H,16,19)(H,17,18)(H,20,21). The van der Waals surface area contributed by atoms with Gasteiger partial charge in [-0.3, -0.25) is 14.4 Å². The lowest BCUT2D eigenvalue weighted by atomic mass is 10.2. The molecule has 7 nitrogen and oxygen atoms in total. The number of hydrogen-bond donors (Lipinski definition) is 3. The van der Waals surface area contributed by atoms with Gasteiger partial charge in [0.2, 0.25) is 5.91 Å². The van der Waals surface area contributed by atoms with Crippen LogP contribution in [-0.2, 0) is 14.4 Å². The third kappa shape index (κ3) is 7.28. The molecule has 0 aliphatic rings. The van der Waals surface area contributed by atoms with Crippen LogP contribution in [-0.4, -0.2) is 36.5 Å². The lowest BCUT2D eigenvalue weighted by Crippen LogP contribution is -2.24. The van der Waals surface area contributed by atoms with Gasteiger partial charge in [0.05, 0.1) is 0 Å². The summed E-state index contributed by atoms with van der Waals surface area (Å²) in [5.41, 5.74) is 0.621. The Kier molecular flexibility index (Phi) is 7.45. The van der Waals surface area contributed by atoms with Crippen LogP contribution in [0.5, 0.6) is 5.75 Å². The highest BCUT2D eigenvalue weighted by atomic mass is 16.5. The Morgan fingerprint density at radius 2 is 1.68 bits per heavy atom. The van der Waals surface area contributed by atoms with Crippen molar-refractivity contribution in [1.82, 2.24) is 5.32 Å². The summed E-state index contributed by atoms with van der Waals surface area (Å²) in [4.78, 5) is 33.0. The lowest BCUT2D eigenvalue weighted by molar-refractivity contribution is -0.137. The Morgan fingerprint density at radius 3 is 2.27 bits per heavy atom. The molecule has 0 radical (unpaired) electrons. The van der Waals surface area contributed by atoms with E-state index in [1.54, 1.807) is 24.3 Å². The topological polar surface area (TPSA) is 105 Å². The van der Waals surface area contributed by atoms with Crippen molar-refractivity contribution in [2.24, 2.45) is 0 Å². The molecule has 0 saturated heterocycles. The number of rotatable bonds is 9. The lowest BCUT2D eigenvalue weighted by Gasteiger charge is -2.08. The number of nitrogens with one attached hydrogen (secondary N) is 2. The average molecular weight is 308 g/mol. The first-order valence-corrected chi connectivity index (χ1v) is 6.96. The predicted molar refractivity (Wildman–Crippen MR) is 80.7 cm³/mol. The van der Waals surface area contributed by atoms with Gasteiger partial charge in [-0.15, -0.1) is 0 Å². The highest BCUT2D eigenvalue weighted by molar-refractivity contribution is 5.90. The van der Waals surface area contributed by atoms with Crippen molar-refractivity contribution < 1.29 is 24.2 Å². The van der Waals surface area contributed by atoms with Crippen molar-refractivity contribution in [3.63, 3.8) is 0 Å². The van der Waals surface area contributed by atoms with Crippen LogP contribution in [0.25, 0.3) is 0 Å². The maximum Gasteiger partial charge on any atom is 0.303 e. The second kappa shape index (κ2) is 9.38. The van der Waals surface area contributed by atoms with Gasteiger partial charge in [-0.25, -0.2) is 0 Å². The number of benzene rings is 1. The quantitative estimate of drug-likeness (QED) is 0.598. The summed E-state index contributed by atoms with van der Waals surface area (Å²) in [5, 5.41) is 13.7. The van der Waals surface area contributed by atoms with E-state index in [4.69, 9.17) is 9.84 Å². The van der Waals surface area contributed by atoms with Gasteiger partial charge in [0.15, 0.2) is 6.61 Å². The number of aliphatic carboxylic acids is 1. The Hall–Kier alpha value is -2.57. The minimum Gasteiger partial charge on any atom is -0.484 e. The van der Waals surface area contributed by atoms with E-state index < -0.39 is 5.97 Å². The van der Waals surface area contributed by atoms with Crippen molar-refractivity contribution >= 4 is 23.5 Å². The van der Waals surface area contributed by atoms with E-state index in [-0.39, 0.29) is 31.3 Å². The SMILES string of the molecule is CNC(=O)COc1ccc(NC(=O)CCCCC(=O)O)cc1. The van der Waals surface area contributed by atoms with E-state index in [0.717, 1.165) is 0 Å². The maximum atomic E-state index is 11.7. The number of carbonyl (C=O) groups excluding carboxylic acids is 2. The van der Waals surface area contributed by atoms with Crippen LogP contribution in [0.2, 0.25) is 0 Å². The molecule has 0 fully saturated rings. The van der Waals surface area contributed by atoms with Crippen LogP contribution < -0.4 is 15.4 Å². The summed E-state index contributed by atoms with van der Waals surface area (Å²) in [6.07, 6.45) is 1.37. The van der Waals surface area contributed by atoms with Crippen molar-refractivity contribution in [3.05, 3.63) is 24.3 Å². The summed E-state index contributed by atoms with van der Waals surface area (Å²) >= 11 is 0. The van der Waals surface area contributed by atoms with Crippen molar-refractivity contribution in [2.75, 3.05) is 19.0 Å². The second-order valence-corrected chi connectivity index (χ2v) is 4.64. The van der Waals surface area contributed by atoms with Gasteiger partial charge >= 0.3 is 5.97 Å². The average Bonchev–Trinajstić information content (AvgIpc) is 2.50. The molecule has 3 N–H and O–H groups in total. The molecular formula is C15H20N2O5. The molecule has 120 valence electrons. The van der Waals surface area contributed by atoms with Crippen molar-refractivity contribution in [1.29, 1.82) is 0 Å². The highest BCUT2D eigenvalue weighted by Crippen LogP contribution is 2.16. The van der Waals surface area contributed by atoms with Crippen LogP contribution in [0.15, 0.2) is 24.3 Å². The van der Waals surface area contributed by atoms with E-state index in [1.807, 2.05) is 0 Å². The number of hydrogen-bond acceptors (Lipinski definition) is 4. The molecule has 1 aromatic rings. The predicted octanol–water partition coefficient (Wildman–Crippen LogP) is 1.39. The zero-order chi connectivity index (χ0) is 16.4. The third-order valence-corrected chi connectivity index (χ3v) is 2.83. The van der Waals surface area contributed by atoms with E-state index in [2.05, 4.69) is 10.6 Å². The maximum absolute atomic E-state index is 11.7. The molecule has 0 spiro atoms. The molecular weight excluding hydrogens is 288 g/mol. The number of amides is 2. The molecule has 0 heterocycles. The largest absolute Gasteiger partial charge is 0.484 e. The normalized spacial score (nSPS) is 9.86. The van der Waals surface area contributed by atoms with Gasteiger partial charge in [-0.2, -0.15) is 0 Å². The Bertz CT molecular complexity index is 513. The Balaban J connectivity index is 2.32. The van der Waals surface area contributed by atoms with Crippen molar-refractivity contribution in [2.45, 2.75) is 25.7 Å². The smallest absolute Gasteiger partial charge is 0.303 e. The molecule has 0 aliphatic heterocycles. The van der Waals surface area contributed by atoms with Crippen LogP contribution in [0.4, 0.5) is 5.69 Å². The molecule has 0 aromatic heterocycles. The Labute approximate surface area is 128 Å². The number of anilines is 1. The first-order chi connectivity index (χ1) is 10.5. The highest BCUT2D eigenvalue weighted by Gasteiger charge is 2.05. The summed E-state index contributed by atoms with van der Waals surface area (Å²) < 4.78 is 5.24. The van der Waals surface area contributed by atoms with Gasteiger partial charge in [0, 0.05) is 25.6 Å². The van der Waals surface area contributed by atoms with E-state index in [0.29, 0.717) is 24.3 Å². The number of carbonyl (C=O) groups is 3. The zero-order valence-electron chi connectivity index (χ0n) is 12.4. The summed E-state index contributed by atoms with van der Waals surface area (Å²) in [5.74, 6) is -0.709. The van der Waals surface area contributed by atoms with Crippen LogP contribution in [0.3, 0.4) is 0 Å². The third-order valence-electron chi connectivity index (χ3n) is 2.83. The molecule has 7 heteroatoms. The minimum atomic E-state index is -0.854. The van der Waals surface area contributed by atoms with E-state index in [9.17, 15) is 14.4 Å². The fourth-order valence-electron chi connectivity index (χ4n) is 1.64. The van der Waals surface area contributed by atoms with Gasteiger partial charge in [-0.1, -0.05) is 0 Å². The van der Waals surface area contributed by atoms with Gasteiger partial charge in [0.1, 0.15) is 5.75 Å². The number of ether oxygens (including phenoxy) is 1. The monoisotopic (exact) mass is 308 g/mol. The number of unbranched alkanes of at least 4 members (excludes halogenated alkanes) is 1. The molecule has 1 rings (SSSR count). The summed E-state index contributed by atoms with van der Waals surface area (Å²) in [6, 6.07) is 6.66. The van der Waals surface area contributed by atoms with E-state index in [1.165, 1.54) is 7.05 Å². The minimum absolute atomic E-state index is 0.0637. The molecule has 0 aliphatic carbocycles. The van der Waals surface area contributed by atoms with Gasteiger partial charge < -0.3 is 20.5 Å². The molecule has 0 bridgehead atoms. The summed E-state index contributed by atoms with van der Waals surface area (Å²) in [6.45, 7) is -0.0637. The Morgan fingerprint density at radius 1 is 1.05 bits per heavy atom. The molecule has 2 amide bonds. The first-order valence-electron chi connectivity index (χ1n) is 6.96. The molecule has 0 saturated carbocycles. The fourth-order valence-corrected chi connectivity index (χ4v) is 1.64. The summed E-state index contributed by atoms with van der Waals surface area (Å²) in [7, 11) is 1.53. The molecule has 0 unspecified atom stereocenters. The zero-order valence-corrected chi connectivity index (χ0v) is 12.4. The molecule has 1 aromatic carbocycles. The fraction of sp³-hybridized carbons (Fsp3) is 0.400. The van der Waals surface area contributed by atoms with Gasteiger partial charge in [-0.05, 0) is 37.1 Å². The van der Waals surface area contributed by atoms with Crippen LogP contribution in [0.1, 0.15) is 25.7 Å². The number of carboxylic acids is 1. The first kappa shape index (κ1) is 17.5. The van der Waals surface area contributed by atoms with Crippen LogP contribution >= 0.6 is 0 Å². The van der Waals surface area contributed by atoms with Gasteiger partial charge in [0.25, 0.3) is 5.91 Å². The molecule has 0 atom stereocenters. The molecule has 22 heavy (non-hydrogen) atoms. The second-order valence-electron chi connectivity index (χ2n) is 4.64. The number of carboxylic acid groups (broad SMARTS) is 1.